The minimum atomic E-state index is 0.876. The molecule has 0 aliphatic heterocycles. The molecule has 0 aliphatic rings. The average Bonchev–Trinajstić information content (AvgIpc) is 3.69. The van der Waals surface area contributed by atoms with E-state index in [4.69, 9.17) is 4.42 Å². The Morgan fingerprint density at radius 2 is 0.935 bits per heavy atom. The highest BCUT2D eigenvalue weighted by molar-refractivity contribution is 6.17. The number of furan rings is 1. The third kappa shape index (κ3) is 4.19. The Bertz CT molecular complexity index is 2500. The topological polar surface area (TPSA) is 18.1 Å². The van der Waals surface area contributed by atoms with Crippen molar-refractivity contribution >= 4 is 32.6 Å². The number of rotatable bonds is 5. The van der Waals surface area contributed by atoms with Gasteiger partial charge >= 0.3 is 0 Å². The summed E-state index contributed by atoms with van der Waals surface area (Å²) >= 11 is 0. The van der Waals surface area contributed by atoms with Crippen molar-refractivity contribution in [3.8, 4) is 50.6 Å². The number of benzene rings is 7. The van der Waals surface area contributed by atoms with Gasteiger partial charge in [0.15, 0.2) is 0 Å². The highest BCUT2D eigenvalue weighted by atomic mass is 16.3. The molecule has 2 heterocycles. The van der Waals surface area contributed by atoms with E-state index in [0.717, 1.165) is 50.2 Å². The SMILES string of the molecule is c1ccc(-c2cccc(-c3oc(-c4ccc5c6ccccc6n(-c6ccccc6)c5c4-c4ccccc4)c4ccccc34)c2)cc1. The van der Waals surface area contributed by atoms with Crippen LogP contribution in [0.5, 0.6) is 0 Å². The van der Waals surface area contributed by atoms with E-state index in [-0.39, 0.29) is 0 Å². The monoisotopic (exact) mass is 587 g/mol. The smallest absolute Gasteiger partial charge is 0.143 e. The zero-order valence-electron chi connectivity index (χ0n) is 25.1. The number of para-hydroxylation sites is 2. The molecule has 0 saturated heterocycles. The second-order valence-electron chi connectivity index (χ2n) is 11.7. The molecule has 0 atom stereocenters. The van der Waals surface area contributed by atoms with Gasteiger partial charge in [-0.2, -0.15) is 0 Å². The highest BCUT2D eigenvalue weighted by Crippen LogP contribution is 2.47. The Kier molecular flexibility index (Phi) is 6.17. The number of nitrogens with zero attached hydrogens (tertiary/aromatic N) is 1. The molecule has 0 spiro atoms. The first-order valence-electron chi connectivity index (χ1n) is 15.7. The maximum absolute atomic E-state index is 7.05. The molecule has 9 rings (SSSR count). The summed E-state index contributed by atoms with van der Waals surface area (Å²) in [6.07, 6.45) is 0. The Hall–Kier alpha value is -6.12. The van der Waals surface area contributed by atoms with Gasteiger partial charge in [-0.05, 0) is 47.0 Å². The van der Waals surface area contributed by atoms with E-state index >= 15 is 0 Å². The van der Waals surface area contributed by atoms with E-state index in [1.807, 2.05) is 0 Å². The maximum atomic E-state index is 7.05. The summed E-state index contributed by atoms with van der Waals surface area (Å²) in [5.41, 5.74) is 10.3. The van der Waals surface area contributed by atoms with Crippen LogP contribution in [0, 0.1) is 0 Å². The van der Waals surface area contributed by atoms with Crippen molar-refractivity contribution in [2.75, 3.05) is 0 Å². The van der Waals surface area contributed by atoms with Gasteiger partial charge in [0.2, 0.25) is 0 Å². The van der Waals surface area contributed by atoms with Crippen LogP contribution in [0.4, 0.5) is 0 Å². The van der Waals surface area contributed by atoms with Crippen LogP contribution in [-0.2, 0) is 0 Å². The van der Waals surface area contributed by atoms with Crippen molar-refractivity contribution in [1.82, 2.24) is 4.57 Å². The minimum Gasteiger partial charge on any atom is -0.455 e. The van der Waals surface area contributed by atoms with Crippen molar-refractivity contribution in [1.29, 1.82) is 0 Å². The van der Waals surface area contributed by atoms with Crippen LogP contribution in [-0.4, -0.2) is 4.57 Å². The average molecular weight is 588 g/mol. The second-order valence-corrected chi connectivity index (χ2v) is 11.7. The van der Waals surface area contributed by atoms with Crippen molar-refractivity contribution in [3.05, 3.63) is 176 Å². The molecule has 216 valence electrons. The number of hydrogen-bond acceptors (Lipinski definition) is 1. The Labute approximate surface area is 267 Å². The summed E-state index contributed by atoms with van der Waals surface area (Å²) in [5.74, 6) is 1.76. The van der Waals surface area contributed by atoms with Gasteiger partial charge in [0, 0.05) is 43.9 Å². The van der Waals surface area contributed by atoms with E-state index in [9.17, 15) is 0 Å². The molecule has 0 bridgehead atoms. The van der Waals surface area contributed by atoms with Crippen LogP contribution in [0.15, 0.2) is 180 Å². The van der Waals surface area contributed by atoms with Crippen molar-refractivity contribution < 1.29 is 4.42 Å². The Morgan fingerprint density at radius 3 is 1.67 bits per heavy atom. The molecule has 0 saturated carbocycles. The lowest BCUT2D eigenvalue weighted by Crippen LogP contribution is -1.96. The summed E-state index contributed by atoms with van der Waals surface area (Å²) in [7, 11) is 0. The normalized spacial score (nSPS) is 11.5. The first-order chi connectivity index (χ1) is 22.8. The van der Waals surface area contributed by atoms with Crippen LogP contribution in [0.25, 0.3) is 83.2 Å². The maximum Gasteiger partial charge on any atom is 0.143 e. The molecular formula is C44H29NO. The molecule has 2 heteroatoms. The van der Waals surface area contributed by atoms with E-state index in [1.54, 1.807) is 0 Å². The van der Waals surface area contributed by atoms with Gasteiger partial charge < -0.3 is 8.98 Å². The van der Waals surface area contributed by atoms with Crippen LogP contribution in [0.2, 0.25) is 0 Å². The molecule has 0 fully saturated rings. The summed E-state index contributed by atoms with van der Waals surface area (Å²) in [4.78, 5) is 0. The van der Waals surface area contributed by atoms with Gasteiger partial charge in [-0.1, -0.05) is 146 Å². The zero-order chi connectivity index (χ0) is 30.5. The van der Waals surface area contributed by atoms with Gasteiger partial charge in [-0.25, -0.2) is 0 Å². The molecule has 7 aromatic carbocycles. The summed E-state index contributed by atoms with van der Waals surface area (Å²) in [5, 5.41) is 4.65. The largest absolute Gasteiger partial charge is 0.455 e. The lowest BCUT2D eigenvalue weighted by atomic mass is 9.93. The molecule has 0 aliphatic carbocycles. The molecule has 0 unspecified atom stereocenters. The molecular weight excluding hydrogens is 558 g/mol. The number of hydrogen-bond donors (Lipinski definition) is 0. The fraction of sp³-hybridized carbons (Fsp3) is 0. The molecule has 2 aromatic heterocycles. The highest BCUT2D eigenvalue weighted by Gasteiger charge is 2.24. The number of fused-ring (bicyclic) bond motifs is 4. The first kappa shape index (κ1) is 26.3. The second kappa shape index (κ2) is 10.8. The van der Waals surface area contributed by atoms with Crippen LogP contribution >= 0.6 is 0 Å². The number of aromatic nitrogens is 1. The van der Waals surface area contributed by atoms with Crippen molar-refractivity contribution in [3.63, 3.8) is 0 Å². The zero-order valence-corrected chi connectivity index (χ0v) is 25.1. The summed E-state index contributed by atoms with van der Waals surface area (Å²) in [6, 6.07) is 62.4. The molecule has 0 amide bonds. The van der Waals surface area contributed by atoms with Gasteiger partial charge in [-0.3, -0.25) is 0 Å². The van der Waals surface area contributed by atoms with Gasteiger partial charge in [0.1, 0.15) is 11.5 Å². The first-order valence-corrected chi connectivity index (χ1v) is 15.7. The molecule has 0 N–H and O–H groups in total. The predicted molar refractivity (Wildman–Crippen MR) is 192 cm³/mol. The third-order valence-electron chi connectivity index (χ3n) is 9.01. The fourth-order valence-corrected chi connectivity index (χ4v) is 6.97. The molecule has 0 radical (unpaired) electrons. The third-order valence-corrected chi connectivity index (χ3v) is 9.01. The molecule has 2 nitrogen and oxygen atoms in total. The predicted octanol–water partition coefficient (Wildman–Crippen LogP) is 12.2. The van der Waals surface area contributed by atoms with E-state index in [0.29, 0.717) is 0 Å². The van der Waals surface area contributed by atoms with Crippen molar-refractivity contribution in [2.45, 2.75) is 0 Å². The molecule has 9 aromatic rings. The van der Waals surface area contributed by atoms with Crippen LogP contribution in [0.1, 0.15) is 0 Å². The minimum absolute atomic E-state index is 0.876. The van der Waals surface area contributed by atoms with E-state index in [1.165, 1.54) is 32.9 Å². The summed E-state index contributed by atoms with van der Waals surface area (Å²) in [6.45, 7) is 0. The van der Waals surface area contributed by atoms with Gasteiger partial charge in [0.05, 0.1) is 11.0 Å². The lowest BCUT2D eigenvalue weighted by Gasteiger charge is -2.15. The van der Waals surface area contributed by atoms with Crippen LogP contribution in [0.3, 0.4) is 0 Å². The van der Waals surface area contributed by atoms with Gasteiger partial charge in [0.25, 0.3) is 0 Å². The Morgan fingerprint density at radius 1 is 0.370 bits per heavy atom. The fourth-order valence-electron chi connectivity index (χ4n) is 6.97. The van der Waals surface area contributed by atoms with E-state index < -0.39 is 0 Å². The summed E-state index contributed by atoms with van der Waals surface area (Å²) < 4.78 is 9.46. The Balaban J connectivity index is 1.37. The van der Waals surface area contributed by atoms with E-state index in [2.05, 4.69) is 180 Å². The lowest BCUT2D eigenvalue weighted by molar-refractivity contribution is 0.602. The molecule has 46 heavy (non-hydrogen) atoms. The quantitative estimate of drug-likeness (QED) is 0.196. The van der Waals surface area contributed by atoms with Crippen LogP contribution < -0.4 is 0 Å². The van der Waals surface area contributed by atoms with Gasteiger partial charge in [-0.15, -0.1) is 0 Å². The van der Waals surface area contributed by atoms with Crippen molar-refractivity contribution in [2.24, 2.45) is 0 Å². The standard InChI is InChI=1S/C44H29NO/c1-4-15-30(16-5-1)32-19-14-20-33(29-32)43-37-24-10-11-25-38(37)44(46-43)39-28-27-36-35-23-12-13-26-40(35)45(34-21-8-3-9-22-34)42(36)41(39)31-17-6-2-7-18-31/h1-29H.